The summed E-state index contributed by atoms with van der Waals surface area (Å²) >= 11 is 0. The topological polar surface area (TPSA) is 136 Å². The van der Waals surface area contributed by atoms with Crippen LogP contribution in [0.3, 0.4) is 0 Å². The molecule has 5 N–H and O–H groups in total. The summed E-state index contributed by atoms with van der Waals surface area (Å²) in [6.45, 7) is 11.5. The molecule has 9 heteroatoms. The second kappa shape index (κ2) is 11.5. The summed E-state index contributed by atoms with van der Waals surface area (Å²) in [5, 5.41) is 15.5. The first-order valence-corrected chi connectivity index (χ1v) is 13.4. The van der Waals surface area contributed by atoms with Gasteiger partial charge in [-0.15, -0.1) is 0 Å². The number of carbonyl (C=O) groups is 2. The molecule has 0 aliphatic heterocycles. The maximum atomic E-state index is 12.4. The van der Waals surface area contributed by atoms with Gasteiger partial charge in [0.25, 0.3) is 0 Å². The van der Waals surface area contributed by atoms with Crippen LogP contribution in [0.1, 0.15) is 59.2 Å². The van der Waals surface area contributed by atoms with Crippen LogP contribution in [0.25, 0.3) is 33.6 Å². The molecule has 210 valence electrons. The smallest absolute Gasteiger partial charge is 0.228 e. The SMILES string of the molecule is CC(O)C(C)(C)C(=O)NCc1ncc(-c2ccc(-c3ccc(-c4cnc(C(NC=O)C(C)(C)C)[nH]4)cc3)cc2)[nH]1. The highest BCUT2D eigenvalue weighted by atomic mass is 16.3. The van der Waals surface area contributed by atoms with Gasteiger partial charge >= 0.3 is 0 Å². The Morgan fingerprint density at radius 2 is 1.38 bits per heavy atom. The number of aliphatic hydroxyl groups is 1. The number of aliphatic hydroxyl groups excluding tert-OH is 1. The van der Waals surface area contributed by atoms with Crippen molar-refractivity contribution in [2.24, 2.45) is 10.8 Å². The Morgan fingerprint density at radius 3 is 1.88 bits per heavy atom. The van der Waals surface area contributed by atoms with E-state index >= 15 is 0 Å². The van der Waals surface area contributed by atoms with Gasteiger partial charge in [-0.3, -0.25) is 9.59 Å². The molecule has 0 bridgehead atoms. The van der Waals surface area contributed by atoms with Crippen molar-refractivity contribution in [2.45, 2.75) is 60.2 Å². The van der Waals surface area contributed by atoms with Crippen molar-refractivity contribution < 1.29 is 14.7 Å². The lowest BCUT2D eigenvalue weighted by Crippen LogP contribution is -2.43. The number of aromatic nitrogens is 4. The van der Waals surface area contributed by atoms with Crippen LogP contribution in [0, 0.1) is 10.8 Å². The van der Waals surface area contributed by atoms with E-state index in [1.54, 1.807) is 33.2 Å². The highest BCUT2D eigenvalue weighted by Crippen LogP contribution is 2.32. The average molecular weight is 543 g/mol. The van der Waals surface area contributed by atoms with Crippen molar-refractivity contribution >= 4 is 12.3 Å². The van der Waals surface area contributed by atoms with Gasteiger partial charge in [0.1, 0.15) is 11.6 Å². The Balaban J connectivity index is 1.42. The molecule has 2 unspecified atom stereocenters. The highest BCUT2D eigenvalue weighted by Gasteiger charge is 2.32. The lowest BCUT2D eigenvalue weighted by molar-refractivity contribution is -0.134. The summed E-state index contributed by atoms with van der Waals surface area (Å²) in [5.74, 6) is 1.14. The van der Waals surface area contributed by atoms with Crippen molar-refractivity contribution in [3.63, 3.8) is 0 Å². The molecule has 0 saturated carbocycles. The third kappa shape index (κ3) is 6.31. The van der Waals surface area contributed by atoms with Crippen LogP contribution in [0.2, 0.25) is 0 Å². The number of aromatic amines is 2. The largest absolute Gasteiger partial charge is 0.392 e. The summed E-state index contributed by atoms with van der Waals surface area (Å²) in [5.41, 5.74) is 4.83. The highest BCUT2D eigenvalue weighted by molar-refractivity contribution is 5.82. The molecule has 0 aliphatic rings. The van der Waals surface area contributed by atoms with Crippen LogP contribution in [-0.2, 0) is 16.1 Å². The fourth-order valence-electron chi connectivity index (χ4n) is 4.30. The van der Waals surface area contributed by atoms with Gasteiger partial charge in [0.15, 0.2) is 0 Å². The molecule has 0 radical (unpaired) electrons. The van der Waals surface area contributed by atoms with Gasteiger partial charge in [0.05, 0.1) is 47.9 Å². The molecule has 2 heterocycles. The van der Waals surface area contributed by atoms with Crippen molar-refractivity contribution in [3.05, 3.63) is 72.6 Å². The number of benzene rings is 2. The zero-order chi connectivity index (χ0) is 29.1. The molecule has 4 rings (SSSR count). The van der Waals surface area contributed by atoms with Crippen molar-refractivity contribution in [3.8, 4) is 33.6 Å². The van der Waals surface area contributed by atoms with Gasteiger partial charge in [0, 0.05) is 0 Å². The molecule has 2 aromatic heterocycles. The number of nitrogens with one attached hydrogen (secondary N) is 4. The Kier molecular flexibility index (Phi) is 8.25. The van der Waals surface area contributed by atoms with E-state index in [0.29, 0.717) is 12.2 Å². The van der Waals surface area contributed by atoms with Gasteiger partial charge in [-0.1, -0.05) is 69.3 Å². The third-order valence-electron chi connectivity index (χ3n) is 7.37. The van der Waals surface area contributed by atoms with Crippen molar-refractivity contribution in [1.29, 1.82) is 0 Å². The Bertz CT molecular complexity index is 1440. The summed E-state index contributed by atoms with van der Waals surface area (Å²) < 4.78 is 0. The van der Waals surface area contributed by atoms with Crippen LogP contribution in [0.4, 0.5) is 0 Å². The van der Waals surface area contributed by atoms with E-state index in [0.717, 1.165) is 39.5 Å². The monoisotopic (exact) mass is 542 g/mol. The molecule has 9 nitrogen and oxygen atoms in total. The van der Waals surface area contributed by atoms with Gasteiger partial charge in [0.2, 0.25) is 12.3 Å². The molecule has 0 aliphatic carbocycles. The summed E-state index contributed by atoms with van der Waals surface area (Å²) in [6, 6.07) is 16.2. The molecule has 40 heavy (non-hydrogen) atoms. The normalized spacial score (nSPS) is 13.5. The van der Waals surface area contributed by atoms with E-state index in [2.05, 4.69) is 75.6 Å². The van der Waals surface area contributed by atoms with E-state index in [9.17, 15) is 14.7 Å². The van der Waals surface area contributed by atoms with Crippen LogP contribution in [0.5, 0.6) is 0 Å². The lowest BCUT2D eigenvalue weighted by Gasteiger charge is -2.28. The van der Waals surface area contributed by atoms with Gasteiger partial charge in [-0.05, 0) is 48.4 Å². The van der Waals surface area contributed by atoms with Crippen LogP contribution in [-0.4, -0.2) is 43.5 Å². The Morgan fingerprint density at radius 1 is 0.875 bits per heavy atom. The standard InChI is InChI=1S/C31H38N6O3/c1-19(39)31(5,6)29(40)34-17-26-32-15-24(36-26)22-11-7-20(8-12-22)21-9-13-23(14-10-21)25-16-33-28(37-25)27(35-18-38)30(2,3)4/h7-16,18-19,27,39H,17H2,1-6H3,(H,32,36)(H,33,37)(H,34,40)(H,35,38). The minimum absolute atomic E-state index is 0.184. The minimum atomic E-state index is -0.880. The molecule has 0 fully saturated rings. The maximum absolute atomic E-state index is 12.4. The predicted octanol–water partition coefficient (Wildman–Crippen LogP) is 4.99. The fraction of sp³-hybridized carbons (Fsp3) is 0.355. The quantitative estimate of drug-likeness (QED) is 0.180. The van der Waals surface area contributed by atoms with E-state index in [1.807, 2.05) is 24.3 Å². The molecular formula is C31H38N6O3. The maximum Gasteiger partial charge on any atom is 0.228 e. The van der Waals surface area contributed by atoms with E-state index < -0.39 is 11.5 Å². The second-order valence-electron chi connectivity index (χ2n) is 11.7. The molecule has 4 aromatic rings. The Labute approximate surface area is 234 Å². The van der Waals surface area contributed by atoms with Gasteiger partial charge in [-0.25, -0.2) is 9.97 Å². The first-order chi connectivity index (χ1) is 18.9. The van der Waals surface area contributed by atoms with Crippen LogP contribution < -0.4 is 10.6 Å². The van der Waals surface area contributed by atoms with Gasteiger partial charge < -0.3 is 25.7 Å². The predicted molar refractivity (Wildman–Crippen MR) is 156 cm³/mol. The number of rotatable bonds is 10. The summed E-state index contributed by atoms with van der Waals surface area (Å²) in [6.07, 6.45) is 3.50. The average Bonchev–Trinajstić information content (AvgIpc) is 3.60. The molecular weight excluding hydrogens is 504 g/mol. The molecule has 2 amide bonds. The molecule has 2 aromatic carbocycles. The van der Waals surface area contributed by atoms with Crippen LogP contribution in [0.15, 0.2) is 60.9 Å². The molecule has 0 spiro atoms. The first-order valence-electron chi connectivity index (χ1n) is 13.4. The van der Waals surface area contributed by atoms with Crippen LogP contribution >= 0.6 is 0 Å². The number of carbonyl (C=O) groups excluding carboxylic acids is 2. The lowest BCUT2D eigenvalue weighted by atomic mass is 9.86. The third-order valence-corrected chi connectivity index (χ3v) is 7.37. The number of nitrogens with zero attached hydrogens (tertiary/aromatic N) is 2. The number of imidazole rings is 2. The number of hydrogen-bond donors (Lipinski definition) is 5. The second-order valence-corrected chi connectivity index (χ2v) is 11.7. The van der Waals surface area contributed by atoms with Crippen molar-refractivity contribution in [2.75, 3.05) is 0 Å². The van der Waals surface area contributed by atoms with E-state index in [1.165, 1.54) is 0 Å². The Hall–Kier alpha value is -4.24. The fourth-order valence-corrected chi connectivity index (χ4v) is 4.30. The van der Waals surface area contributed by atoms with E-state index in [-0.39, 0.29) is 23.9 Å². The van der Waals surface area contributed by atoms with Gasteiger partial charge in [-0.2, -0.15) is 0 Å². The summed E-state index contributed by atoms with van der Waals surface area (Å²) in [4.78, 5) is 39.0. The number of amides is 2. The molecule has 2 atom stereocenters. The molecule has 0 saturated heterocycles. The number of H-pyrrole nitrogens is 2. The zero-order valence-electron chi connectivity index (χ0n) is 23.9. The first kappa shape index (κ1) is 28.8. The van der Waals surface area contributed by atoms with Crippen molar-refractivity contribution in [1.82, 2.24) is 30.6 Å². The number of hydrogen-bond acceptors (Lipinski definition) is 5. The minimum Gasteiger partial charge on any atom is -0.392 e. The van der Waals surface area contributed by atoms with E-state index in [4.69, 9.17) is 0 Å². The summed E-state index contributed by atoms with van der Waals surface area (Å²) in [7, 11) is 0. The zero-order valence-corrected chi connectivity index (χ0v) is 23.9.